The Hall–Kier alpha value is -3.03. The highest BCUT2D eigenvalue weighted by Gasteiger charge is 2.26. The summed E-state index contributed by atoms with van der Waals surface area (Å²) in [7, 11) is 0. The molecule has 0 fully saturated rings. The second kappa shape index (κ2) is 7.69. The molecule has 8 heteroatoms. The summed E-state index contributed by atoms with van der Waals surface area (Å²) in [5, 5.41) is 6.96. The van der Waals surface area contributed by atoms with Gasteiger partial charge in [-0.25, -0.2) is 9.59 Å². The number of anilines is 1. The molecule has 8 nitrogen and oxygen atoms in total. The molecule has 1 aliphatic heterocycles. The van der Waals surface area contributed by atoms with Crippen LogP contribution in [0.25, 0.3) is 0 Å². The lowest BCUT2D eigenvalue weighted by Gasteiger charge is -2.28. The van der Waals surface area contributed by atoms with Gasteiger partial charge in [0.15, 0.2) is 0 Å². The van der Waals surface area contributed by atoms with E-state index in [0.29, 0.717) is 25.3 Å². The van der Waals surface area contributed by atoms with Crippen molar-refractivity contribution in [3.05, 3.63) is 47.8 Å². The molecule has 0 saturated heterocycles. The number of benzene rings is 1. The first-order valence-corrected chi connectivity index (χ1v) is 8.82. The van der Waals surface area contributed by atoms with Crippen LogP contribution in [-0.4, -0.2) is 39.0 Å². The summed E-state index contributed by atoms with van der Waals surface area (Å²) in [5.74, 6) is 0. The third-order valence-electron chi connectivity index (χ3n) is 3.97. The second-order valence-electron chi connectivity index (χ2n) is 7.32. The monoisotopic (exact) mass is 372 g/mol. The Kier molecular flexibility index (Phi) is 5.34. The molecule has 0 bridgehead atoms. The smallest absolute Gasteiger partial charge is 0.412 e. The fraction of sp³-hybridized carbons (Fsp3) is 0.421. The number of aromatic nitrogens is 2. The van der Waals surface area contributed by atoms with Crippen LogP contribution in [0, 0.1) is 0 Å². The minimum Gasteiger partial charge on any atom is -0.445 e. The van der Waals surface area contributed by atoms with Gasteiger partial charge in [0.05, 0.1) is 30.7 Å². The van der Waals surface area contributed by atoms with Crippen LogP contribution in [0.15, 0.2) is 36.5 Å². The summed E-state index contributed by atoms with van der Waals surface area (Å²) in [5.41, 5.74) is 1.61. The predicted octanol–water partition coefficient (Wildman–Crippen LogP) is 3.38. The minimum absolute atomic E-state index is 0.221. The van der Waals surface area contributed by atoms with Gasteiger partial charge < -0.3 is 14.4 Å². The number of carbonyl (C=O) groups is 2. The van der Waals surface area contributed by atoms with E-state index in [0.717, 1.165) is 11.3 Å². The molecule has 2 aromatic rings. The first kappa shape index (κ1) is 18.8. The van der Waals surface area contributed by atoms with Gasteiger partial charge in [-0.05, 0) is 26.3 Å². The Morgan fingerprint density at radius 3 is 2.63 bits per heavy atom. The largest absolute Gasteiger partial charge is 0.445 e. The van der Waals surface area contributed by atoms with Gasteiger partial charge in [0, 0.05) is 6.54 Å². The van der Waals surface area contributed by atoms with Crippen LogP contribution in [0.2, 0.25) is 0 Å². The summed E-state index contributed by atoms with van der Waals surface area (Å²) in [4.78, 5) is 26.0. The number of hydrogen-bond donors (Lipinski definition) is 1. The quantitative estimate of drug-likeness (QED) is 0.893. The molecule has 3 rings (SSSR count). The highest BCUT2D eigenvalue weighted by molar-refractivity contribution is 5.85. The minimum atomic E-state index is -0.593. The van der Waals surface area contributed by atoms with Crippen molar-refractivity contribution >= 4 is 17.9 Å². The van der Waals surface area contributed by atoms with Crippen LogP contribution in [0.1, 0.15) is 32.0 Å². The van der Waals surface area contributed by atoms with Gasteiger partial charge in [0.25, 0.3) is 0 Å². The molecular weight excluding hydrogens is 348 g/mol. The van der Waals surface area contributed by atoms with E-state index in [9.17, 15) is 9.59 Å². The standard InChI is InChI=1S/C19H24N4O4/c1-19(2,3)27-17(24)21-15-11-20-23-10-9-22(12-16(15)23)18(25)26-13-14-7-5-4-6-8-14/h4-8,11H,9-10,12-13H2,1-3H3,(H,21,24). The van der Waals surface area contributed by atoms with Crippen LogP contribution >= 0.6 is 0 Å². The Balaban J connectivity index is 1.61. The first-order valence-electron chi connectivity index (χ1n) is 8.82. The number of nitrogens with zero attached hydrogens (tertiary/aromatic N) is 3. The molecule has 0 aliphatic carbocycles. The molecule has 0 spiro atoms. The first-order chi connectivity index (χ1) is 12.8. The Labute approximate surface area is 158 Å². The number of carbonyl (C=O) groups excluding carboxylic acids is 2. The van der Waals surface area contributed by atoms with Crippen molar-refractivity contribution in [3.8, 4) is 0 Å². The SMILES string of the molecule is CC(C)(C)OC(=O)Nc1cnn2c1CN(C(=O)OCc1ccccc1)CC2. The maximum absolute atomic E-state index is 12.4. The molecule has 0 unspecified atom stereocenters. The topological polar surface area (TPSA) is 85.7 Å². The number of hydrogen-bond acceptors (Lipinski definition) is 5. The molecule has 1 aliphatic rings. The molecule has 1 N–H and O–H groups in total. The molecule has 27 heavy (non-hydrogen) atoms. The zero-order valence-corrected chi connectivity index (χ0v) is 15.8. The molecule has 0 radical (unpaired) electrons. The van der Waals surface area contributed by atoms with E-state index in [1.54, 1.807) is 36.5 Å². The maximum Gasteiger partial charge on any atom is 0.412 e. The van der Waals surface area contributed by atoms with Gasteiger partial charge in [0.1, 0.15) is 12.2 Å². The fourth-order valence-electron chi connectivity index (χ4n) is 2.73. The van der Waals surface area contributed by atoms with Gasteiger partial charge in [-0.15, -0.1) is 0 Å². The van der Waals surface area contributed by atoms with Crippen LogP contribution in [0.3, 0.4) is 0 Å². The molecule has 1 aromatic carbocycles. The van der Waals surface area contributed by atoms with Gasteiger partial charge in [0.2, 0.25) is 0 Å². The van der Waals surface area contributed by atoms with E-state index >= 15 is 0 Å². The fourth-order valence-corrected chi connectivity index (χ4v) is 2.73. The molecule has 1 aromatic heterocycles. The number of amides is 2. The maximum atomic E-state index is 12.4. The summed E-state index contributed by atoms with van der Waals surface area (Å²) >= 11 is 0. The number of fused-ring (bicyclic) bond motifs is 1. The van der Waals surface area contributed by atoms with Crippen LogP contribution in [-0.2, 0) is 29.2 Å². The summed E-state index contributed by atoms with van der Waals surface area (Å²) in [6, 6.07) is 9.52. The molecule has 2 amide bonds. The van der Waals surface area contributed by atoms with Crippen molar-refractivity contribution in [1.82, 2.24) is 14.7 Å². The third-order valence-corrected chi connectivity index (χ3v) is 3.97. The molecule has 0 saturated carbocycles. The van der Waals surface area contributed by atoms with Crippen molar-refractivity contribution < 1.29 is 19.1 Å². The van der Waals surface area contributed by atoms with Gasteiger partial charge in [-0.3, -0.25) is 10.00 Å². The van der Waals surface area contributed by atoms with Crippen molar-refractivity contribution in [2.45, 2.75) is 46.1 Å². The zero-order valence-electron chi connectivity index (χ0n) is 15.8. The van der Waals surface area contributed by atoms with Gasteiger partial charge in [-0.2, -0.15) is 5.10 Å². The lowest BCUT2D eigenvalue weighted by molar-refractivity contribution is 0.0635. The molecule has 2 heterocycles. The zero-order chi connectivity index (χ0) is 19.4. The summed E-state index contributed by atoms with van der Waals surface area (Å²) in [6.07, 6.45) is 0.620. The number of rotatable bonds is 3. The van der Waals surface area contributed by atoms with Crippen molar-refractivity contribution in [2.75, 3.05) is 11.9 Å². The summed E-state index contributed by atoms with van der Waals surface area (Å²) < 4.78 is 12.4. The number of nitrogens with one attached hydrogen (secondary N) is 1. The van der Waals surface area contributed by atoms with Crippen molar-refractivity contribution in [3.63, 3.8) is 0 Å². The molecule has 144 valence electrons. The normalized spacial score (nSPS) is 13.7. The average molecular weight is 372 g/mol. The van der Waals surface area contributed by atoms with E-state index in [-0.39, 0.29) is 6.61 Å². The average Bonchev–Trinajstić information content (AvgIpc) is 3.01. The van der Waals surface area contributed by atoms with Crippen LogP contribution in [0.4, 0.5) is 15.3 Å². The lowest BCUT2D eigenvalue weighted by atomic mass is 10.2. The van der Waals surface area contributed by atoms with Gasteiger partial charge >= 0.3 is 12.2 Å². The lowest BCUT2D eigenvalue weighted by Crippen LogP contribution is -2.39. The van der Waals surface area contributed by atoms with E-state index in [1.165, 1.54) is 0 Å². The van der Waals surface area contributed by atoms with Crippen LogP contribution < -0.4 is 5.32 Å². The van der Waals surface area contributed by atoms with E-state index in [2.05, 4.69) is 10.4 Å². The van der Waals surface area contributed by atoms with Gasteiger partial charge in [-0.1, -0.05) is 30.3 Å². The third kappa shape index (κ3) is 4.99. The number of ether oxygens (including phenoxy) is 2. The van der Waals surface area contributed by atoms with Crippen molar-refractivity contribution in [2.24, 2.45) is 0 Å². The molecule has 0 atom stereocenters. The highest BCUT2D eigenvalue weighted by Crippen LogP contribution is 2.22. The Morgan fingerprint density at radius 2 is 1.93 bits per heavy atom. The Bertz CT molecular complexity index is 811. The second-order valence-corrected chi connectivity index (χ2v) is 7.32. The highest BCUT2D eigenvalue weighted by atomic mass is 16.6. The Morgan fingerprint density at radius 1 is 1.19 bits per heavy atom. The van der Waals surface area contributed by atoms with Crippen molar-refractivity contribution in [1.29, 1.82) is 0 Å². The molecular formula is C19H24N4O4. The summed E-state index contributed by atoms with van der Waals surface area (Å²) in [6.45, 7) is 6.94. The van der Waals surface area contributed by atoms with E-state index in [1.807, 2.05) is 30.3 Å². The van der Waals surface area contributed by atoms with E-state index < -0.39 is 17.8 Å². The van der Waals surface area contributed by atoms with Crippen LogP contribution in [0.5, 0.6) is 0 Å². The predicted molar refractivity (Wildman–Crippen MR) is 99.1 cm³/mol. The van der Waals surface area contributed by atoms with E-state index in [4.69, 9.17) is 9.47 Å².